The molecule has 0 aliphatic carbocycles. The van der Waals surface area contributed by atoms with E-state index in [9.17, 15) is 0 Å². The molecule has 0 bridgehead atoms. The third-order valence-corrected chi connectivity index (χ3v) is 1.55. The molecule has 0 atom stereocenters. The number of hydrogen-bond donors (Lipinski definition) is 0. The molecular weight excluding hydrogens is 148 g/mol. The van der Waals surface area contributed by atoms with Crippen molar-refractivity contribution in [2.75, 3.05) is 0 Å². The molecule has 0 spiro atoms. The van der Waals surface area contributed by atoms with Gasteiger partial charge in [0.05, 0.1) is 10.2 Å². The van der Waals surface area contributed by atoms with E-state index in [-0.39, 0.29) is 0 Å². The van der Waals surface area contributed by atoms with Gasteiger partial charge in [-0.3, -0.25) is 0 Å². The van der Waals surface area contributed by atoms with E-state index >= 15 is 0 Å². The van der Waals surface area contributed by atoms with E-state index < -0.39 is 0 Å². The average molecular weight is 154 g/mol. The van der Waals surface area contributed by atoms with Gasteiger partial charge in [-0.15, -0.1) is 0 Å². The van der Waals surface area contributed by atoms with Gasteiger partial charge in [-0.2, -0.15) is 0 Å². The Balaban J connectivity index is 3.17. The van der Waals surface area contributed by atoms with Crippen LogP contribution in [0.5, 0.6) is 0 Å². The average Bonchev–Trinajstić information content (AvgIpc) is 1.59. The van der Waals surface area contributed by atoms with Crippen molar-refractivity contribution in [3.63, 3.8) is 0 Å². The Morgan fingerprint density at radius 1 is 1.33 bits per heavy atom. The second kappa shape index (κ2) is 2.54. The van der Waals surface area contributed by atoms with Crippen molar-refractivity contribution in [3.05, 3.63) is 28.8 Å². The fraction of sp³-hybridized carbons (Fsp3) is 0.143. The fourth-order valence-corrected chi connectivity index (χ4v) is 1.50. The Morgan fingerprint density at radius 2 is 2.00 bits per heavy atom. The van der Waals surface area contributed by atoms with Crippen LogP contribution in [0.25, 0.3) is 0 Å². The molecule has 1 aromatic rings. The first-order chi connectivity index (χ1) is 4.18. The van der Waals surface area contributed by atoms with E-state index in [0.717, 1.165) is 10.2 Å². The first-order valence-electron chi connectivity index (χ1n) is 2.67. The summed E-state index contributed by atoms with van der Waals surface area (Å²) in [6, 6.07) is 5.80. The summed E-state index contributed by atoms with van der Waals surface area (Å²) in [5, 5.41) is 1.81. The maximum Gasteiger partial charge on any atom is 0.0712 e. The summed E-state index contributed by atoms with van der Waals surface area (Å²) in [7, 11) is 3.38. The number of rotatable bonds is 0. The van der Waals surface area contributed by atoms with Crippen molar-refractivity contribution in [2.24, 2.45) is 0 Å². The van der Waals surface area contributed by atoms with Gasteiger partial charge in [0, 0.05) is 5.02 Å². The van der Waals surface area contributed by atoms with E-state index in [2.05, 4.69) is 10.2 Å². The van der Waals surface area contributed by atoms with Gasteiger partial charge in [0.1, 0.15) is 0 Å². The van der Waals surface area contributed by atoms with Crippen molar-refractivity contribution in [2.45, 2.75) is 6.92 Å². The molecule has 0 saturated carbocycles. The minimum Gasteiger partial charge on any atom is -0.0843 e. The molecule has 0 amide bonds. The number of aryl methyl sites for hydroxylation is 1. The Morgan fingerprint density at radius 3 is 2.44 bits per heavy atom. The first kappa shape index (κ1) is 6.84. The number of hydrogen-bond acceptors (Lipinski definition) is 0. The Hall–Kier alpha value is -0.273. The van der Waals surface area contributed by atoms with Gasteiger partial charge in [-0.1, -0.05) is 22.9 Å². The summed E-state index contributed by atoms with van der Waals surface area (Å²) in [6.07, 6.45) is 0. The standard InChI is InChI=1S/C7H6ClSi/c1-5-2-6(8)4-7(9)3-5/h2-4H,1H3. The Bertz CT molecular complexity index is 170. The van der Waals surface area contributed by atoms with Crippen LogP contribution in [0.4, 0.5) is 0 Å². The molecule has 1 rings (SSSR count). The van der Waals surface area contributed by atoms with Gasteiger partial charge in [0.15, 0.2) is 0 Å². The van der Waals surface area contributed by atoms with E-state index in [1.165, 1.54) is 5.56 Å². The monoisotopic (exact) mass is 153 g/mol. The van der Waals surface area contributed by atoms with Gasteiger partial charge in [0.25, 0.3) is 0 Å². The van der Waals surface area contributed by atoms with E-state index in [4.69, 9.17) is 11.6 Å². The topological polar surface area (TPSA) is 0 Å². The largest absolute Gasteiger partial charge is 0.0843 e. The molecule has 0 N–H and O–H groups in total. The lowest BCUT2D eigenvalue weighted by atomic mass is 10.2. The zero-order valence-corrected chi connectivity index (χ0v) is 6.87. The van der Waals surface area contributed by atoms with Crippen LogP contribution in [0.2, 0.25) is 5.02 Å². The molecule has 0 aliphatic rings. The summed E-state index contributed by atoms with van der Waals surface area (Å²) in [5.74, 6) is 0. The highest BCUT2D eigenvalue weighted by atomic mass is 35.5. The van der Waals surface area contributed by atoms with Gasteiger partial charge < -0.3 is 0 Å². The summed E-state index contributed by atoms with van der Waals surface area (Å²) in [6.45, 7) is 2.01. The highest BCUT2D eigenvalue weighted by molar-refractivity contribution is 6.36. The molecule has 1 aromatic carbocycles. The molecule has 0 fully saturated rings. The van der Waals surface area contributed by atoms with E-state index in [1.807, 2.05) is 25.1 Å². The van der Waals surface area contributed by atoms with Crippen LogP contribution >= 0.6 is 11.6 Å². The first-order valence-corrected chi connectivity index (χ1v) is 3.55. The van der Waals surface area contributed by atoms with Crippen molar-refractivity contribution in [1.29, 1.82) is 0 Å². The molecule has 3 radical (unpaired) electrons. The van der Waals surface area contributed by atoms with Gasteiger partial charge in [-0.05, 0) is 24.6 Å². The molecule has 0 heterocycles. The van der Waals surface area contributed by atoms with Crippen LogP contribution < -0.4 is 5.19 Å². The molecule has 0 nitrogen and oxygen atoms in total. The second-order valence-electron chi connectivity index (χ2n) is 2.02. The lowest BCUT2D eigenvalue weighted by Crippen LogP contribution is -2.00. The highest BCUT2D eigenvalue weighted by Crippen LogP contribution is 2.06. The zero-order chi connectivity index (χ0) is 6.85. The predicted octanol–water partition coefficient (Wildman–Crippen LogP) is 1.44. The maximum absolute atomic E-state index is 5.72. The normalized spacial score (nSPS) is 9.67. The van der Waals surface area contributed by atoms with E-state index in [0.29, 0.717) is 0 Å². The minimum atomic E-state index is 0.778. The summed E-state index contributed by atoms with van der Waals surface area (Å²) < 4.78 is 0. The third kappa shape index (κ3) is 1.84. The number of benzene rings is 1. The van der Waals surface area contributed by atoms with Gasteiger partial charge >= 0.3 is 0 Å². The van der Waals surface area contributed by atoms with Gasteiger partial charge in [0.2, 0.25) is 0 Å². The van der Waals surface area contributed by atoms with Crippen LogP contribution in [0, 0.1) is 6.92 Å². The van der Waals surface area contributed by atoms with Crippen LogP contribution in [0.3, 0.4) is 0 Å². The SMILES string of the molecule is Cc1cc([Si])cc(Cl)c1. The molecule has 0 aromatic heterocycles. The highest BCUT2D eigenvalue weighted by Gasteiger charge is 1.89. The fourth-order valence-electron chi connectivity index (χ4n) is 0.736. The Labute approximate surface area is 63.3 Å². The Kier molecular flexibility index (Phi) is 1.93. The van der Waals surface area contributed by atoms with Crippen LogP contribution in [-0.4, -0.2) is 10.2 Å². The maximum atomic E-state index is 5.72. The molecule has 0 aliphatic heterocycles. The van der Waals surface area contributed by atoms with E-state index in [1.54, 1.807) is 0 Å². The van der Waals surface area contributed by atoms with Crippen molar-refractivity contribution in [3.8, 4) is 0 Å². The van der Waals surface area contributed by atoms with Crippen molar-refractivity contribution < 1.29 is 0 Å². The third-order valence-electron chi connectivity index (χ3n) is 1.04. The van der Waals surface area contributed by atoms with Crippen LogP contribution in [0.1, 0.15) is 5.56 Å². The molecule has 2 heteroatoms. The predicted molar refractivity (Wildman–Crippen MR) is 41.6 cm³/mol. The molecule has 0 unspecified atom stereocenters. The second-order valence-corrected chi connectivity index (χ2v) is 3.03. The zero-order valence-electron chi connectivity index (χ0n) is 5.11. The van der Waals surface area contributed by atoms with Crippen molar-refractivity contribution in [1.82, 2.24) is 0 Å². The molecule has 9 heavy (non-hydrogen) atoms. The summed E-state index contributed by atoms with van der Waals surface area (Å²) >= 11 is 5.72. The van der Waals surface area contributed by atoms with Crippen LogP contribution in [-0.2, 0) is 0 Å². The molecular formula is C7H6ClSi. The lowest BCUT2D eigenvalue weighted by Gasteiger charge is -1.95. The van der Waals surface area contributed by atoms with Crippen molar-refractivity contribution >= 4 is 27.0 Å². The molecule has 0 saturated heterocycles. The smallest absolute Gasteiger partial charge is 0.0712 e. The number of halogens is 1. The van der Waals surface area contributed by atoms with Gasteiger partial charge in [-0.25, -0.2) is 0 Å². The van der Waals surface area contributed by atoms with Crippen LogP contribution in [0.15, 0.2) is 18.2 Å². The lowest BCUT2D eigenvalue weighted by molar-refractivity contribution is 1.49. The summed E-state index contributed by atoms with van der Waals surface area (Å²) in [5.41, 5.74) is 1.17. The molecule has 45 valence electrons. The summed E-state index contributed by atoms with van der Waals surface area (Å²) in [4.78, 5) is 0. The minimum absolute atomic E-state index is 0.778. The quantitative estimate of drug-likeness (QED) is 0.495.